The second kappa shape index (κ2) is 7.69. The lowest BCUT2D eigenvalue weighted by molar-refractivity contribution is 0.0428. The van der Waals surface area contributed by atoms with Crippen molar-refractivity contribution >= 4 is 17.8 Å². The highest BCUT2D eigenvalue weighted by Crippen LogP contribution is 2.24. The number of nitrogen functional groups attached to an aromatic ring is 1. The SMILES string of the molecule is C=CCc1c(C)nc(N)nc1N1CCN(C(=O)N2CCOCC2)CC1. The van der Waals surface area contributed by atoms with Gasteiger partial charge >= 0.3 is 6.03 Å². The minimum absolute atomic E-state index is 0.104. The summed E-state index contributed by atoms with van der Waals surface area (Å²) in [5, 5.41) is 0. The minimum Gasteiger partial charge on any atom is -0.378 e. The normalized spacial score (nSPS) is 18.4. The first-order chi connectivity index (χ1) is 12.1. The van der Waals surface area contributed by atoms with Gasteiger partial charge in [0.2, 0.25) is 5.95 Å². The number of anilines is 2. The predicted octanol–water partition coefficient (Wildman–Crippen LogP) is 0.670. The molecule has 8 heteroatoms. The van der Waals surface area contributed by atoms with Crippen LogP contribution < -0.4 is 10.6 Å². The summed E-state index contributed by atoms with van der Waals surface area (Å²) >= 11 is 0. The number of ether oxygens (including phenoxy) is 1. The number of carbonyl (C=O) groups is 1. The van der Waals surface area contributed by atoms with Crippen molar-refractivity contribution < 1.29 is 9.53 Å². The Morgan fingerprint density at radius 2 is 1.80 bits per heavy atom. The van der Waals surface area contributed by atoms with Gasteiger partial charge in [0.15, 0.2) is 0 Å². The highest BCUT2D eigenvalue weighted by molar-refractivity contribution is 5.75. The number of hydrogen-bond donors (Lipinski definition) is 1. The molecular formula is C17H26N6O2. The van der Waals surface area contributed by atoms with E-state index in [4.69, 9.17) is 10.5 Å². The zero-order chi connectivity index (χ0) is 17.8. The largest absolute Gasteiger partial charge is 0.378 e. The van der Waals surface area contributed by atoms with Gasteiger partial charge in [-0.05, 0) is 13.3 Å². The Balaban J connectivity index is 1.68. The Labute approximate surface area is 148 Å². The maximum Gasteiger partial charge on any atom is 0.320 e. The number of hydrogen-bond acceptors (Lipinski definition) is 6. The maximum atomic E-state index is 12.6. The number of nitrogens with two attached hydrogens (primary N) is 1. The lowest BCUT2D eigenvalue weighted by Gasteiger charge is -2.39. The van der Waals surface area contributed by atoms with Crippen LogP contribution in [0.1, 0.15) is 11.3 Å². The molecule has 8 nitrogen and oxygen atoms in total. The van der Waals surface area contributed by atoms with Crippen molar-refractivity contribution in [3.05, 3.63) is 23.9 Å². The zero-order valence-corrected chi connectivity index (χ0v) is 14.8. The van der Waals surface area contributed by atoms with Crippen LogP contribution in [0, 0.1) is 6.92 Å². The van der Waals surface area contributed by atoms with Crippen LogP contribution in [0.4, 0.5) is 16.6 Å². The van der Waals surface area contributed by atoms with E-state index in [1.807, 2.05) is 22.8 Å². The molecule has 1 aromatic heterocycles. The van der Waals surface area contributed by atoms with Gasteiger partial charge in [-0.2, -0.15) is 4.98 Å². The van der Waals surface area contributed by atoms with Gasteiger partial charge in [0.1, 0.15) is 5.82 Å². The molecule has 2 aliphatic heterocycles. The second-order valence-electron chi connectivity index (χ2n) is 6.32. The molecule has 2 saturated heterocycles. The topological polar surface area (TPSA) is 87.8 Å². The number of aromatic nitrogens is 2. The summed E-state index contributed by atoms with van der Waals surface area (Å²) in [7, 11) is 0. The van der Waals surface area contributed by atoms with Crippen molar-refractivity contribution in [1.82, 2.24) is 19.8 Å². The van der Waals surface area contributed by atoms with Crippen LogP contribution >= 0.6 is 0 Å². The summed E-state index contributed by atoms with van der Waals surface area (Å²) in [6.45, 7) is 11.2. The summed E-state index contributed by atoms with van der Waals surface area (Å²) in [4.78, 5) is 27.3. The molecule has 0 atom stereocenters. The molecule has 3 heterocycles. The van der Waals surface area contributed by atoms with Gasteiger partial charge < -0.3 is 25.2 Å². The molecule has 2 fully saturated rings. The van der Waals surface area contributed by atoms with E-state index in [9.17, 15) is 4.79 Å². The third kappa shape index (κ3) is 3.84. The molecule has 0 aromatic carbocycles. The number of morpholine rings is 1. The summed E-state index contributed by atoms with van der Waals surface area (Å²) in [5.41, 5.74) is 7.78. The number of nitrogens with zero attached hydrogens (tertiary/aromatic N) is 5. The summed E-state index contributed by atoms with van der Waals surface area (Å²) in [6.07, 6.45) is 2.55. The fraction of sp³-hybridized carbons (Fsp3) is 0.588. The number of allylic oxidation sites excluding steroid dienone is 1. The van der Waals surface area contributed by atoms with E-state index < -0.39 is 0 Å². The van der Waals surface area contributed by atoms with E-state index in [0.29, 0.717) is 45.8 Å². The molecule has 136 valence electrons. The highest BCUT2D eigenvalue weighted by atomic mass is 16.5. The van der Waals surface area contributed by atoms with E-state index in [2.05, 4.69) is 21.4 Å². The molecule has 2 aliphatic rings. The van der Waals surface area contributed by atoms with Crippen LogP contribution in [0.3, 0.4) is 0 Å². The smallest absolute Gasteiger partial charge is 0.320 e. The standard InChI is InChI=1S/C17H26N6O2/c1-3-4-14-13(2)19-16(18)20-15(14)21-5-7-22(8-6-21)17(24)23-9-11-25-12-10-23/h3H,1,4-12H2,2H3,(H2,18,19,20). The molecule has 0 spiro atoms. The van der Waals surface area contributed by atoms with E-state index in [-0.39, 0.29) is 12.0 Å². The monoisotopic (exact) mass is 346 g/mol. The Bertz CT molecular complexity index is 636. The molecule has 25 heavy (non-hydrogen) atoms. The molecule has 2 N–H and O–H groups in total. The lowest BCUT2D eigenvalue weighted by atomic mass is 10.1. The molecule has 0 aliphatic carbocycles. The number of piperazine rings is 1. The molecule has 0 unspecified atom stereocenters. The predicted molar refractivity (Wildman–Crippen MR) is 96.7 cm³/mol. The Morgan fingerprint density at radius 1 is 1.16 bits per heavy atom. The molecule has 0 bridgehead atoms. The van der Waals surface area contributed by atoms with Crippen molar-refractivity contribution in [2.45, 2.75) is 13.3 Å². The lowest BCUT2D eigenvalue weighted by Crippen LogP contribution is -2.55. The van der Waals surface area contributed by atoms with E-state index >= 15 is 0 Å². The quantitative estimate of drug-likeness (QED) is 0.810. The van der Waals surface area contributed by atoms with Crippen LogP contribution in [0.2, 0.25) is 0 Å². The number of rotatable bonds is 3. The van der Waals surface area contributed by atoms with Crippen molar-refractivity contribution in [2.75, 3.05) is 63.1 Å². The number of carbonyl (C=O) groups excluding carboxylic acids is 1. The maximum absolute atomic E-state index is 12.6. The average Bonchev–Trinajstić information content (AvgIpc) is 2.64. The Morgan fingerprint density at radius 3 is 2.44 bits per heavy atom. The van der Waals surface area contributed by atoms with Gasteiger partial charge in [0, 0.05) is 50.5 Å². The van der Waals surface area contributed by atoms with Crippen LogP contribution in [0.25, 0.3) is 0 Å². The average molecular weight is 346 g/mol. The van der Waals surface area contributed by atoms with Crippen molar-refractivity contribution in [3.8, 4) is 0 Å². The first-order valence-corrected chi connectivity index (χ1v) is 8.70. The number of amides is 2. The van der Waals surface area contributed by atoms with Gasteiger partial charge in [0.05, 0.1) is 13.2 Å². The van der Waals surface area contributed by atoms with Gasteiger partial charge in [-0.25, -0.2) is 9.78 Å². The summed E-state index contributed by atoms with van der Waals surface area (Å²) in [6, 6.07) is 0.104. The zero-order valence-electron chi connectivity index (χ0n) is 14.8. The molecular weight excluding hydrogens is 320 g/mol. The summed E-state index contributed by atoms with van der Waals surface area (Å²) < 4.78 is 5.32. The van der Waals surface area contributed by atoms with Gasteiger partial charge in [-0.15, -0.1) is 6.58 Å². The fourth-order valence-electron chi connectivity index (χ4n) is 3.31. The Hall–Kier alpha value is -2.35. The molecule has 0 radical (unpaired) electrons. The minimum atomic E-state index is 0.104. The van der Waals surface area contributed by atoms with E-state index in [1.165, 1.54) is 0 Å². The number of aryl methyl sites for hydroxylation is 1. The fourth-order valence-corrected chi connectivity index (χ4v) is 3.31. The Kier molecular flexibility index (Phi) is 5.37. The van der Waals surface area contributed by atoms with Crippen LogP contribution in [0.5, 0.6) is 0 Å². The van der Waals surface area contributed by atoms with Gasteiger partial charge in [-0.1, -0.05) is 6.08 Å². The molecule has 1 aromatic rings. The molecule has 3 rings (SSSR count). The second-order valence-corrected chi connectivity index (χ2v) is 6.32. The molecule has 0 saturated carbocycles. The van der Waals surface area contributed by atoms with Crippen LogP contribution in [0.15, 0.2) is 12.7 Å². The highest BCUT2D eigenvalue weighted by Gasteiger charge is 2.28. The first kappa shape index (κ1) is 17.5. The van der Waals surface area contributed by atoms with E-state index in [0.717, 1.165) is 30.2 Å². The van der Waals surface area contributed by atoms with Crippen molar-refractivity contribution in [3.63, 3.8) is 0 Å². The van der Waals surface area contributed by atoms with Crippen LogP contribution in [-0.2, 0) is 11.2 Å². The van der Waals surface area contributed by atoms with Crippen molar-refractivity contribution in [2.24, 2.45) is 0 Å². The third-order valence-corrected chi connectivity index (χ3v) is 4.69. The van der Waals surface area contributed by atoms with Crippen LogP contribution in [-0.4, -0.2) is 78.3 Å². The number of urea groups is 1. The van der Waals surface area contributed by atoms with Gasteiger partial charge in [-0.3, -0.25) is 0 Å². The third-order valence-electron chi connectivity index (χ3n) is 4.69. The van der Waals surface area contributed by atoms with Gasteiger partial charge in [0.25, 0.3) is 0 Å². The molecule has 2 amide bonds. The first-order valence-electron chi connectivity index (χ1n) is 8.70. The van der Waals surface area contributed by atoms with Crippen molar-refractivity contribution in [1.29, 1.82) is 0 Å². The summed E-state index contributed by atoms with van der Waals surface area (Å²) in [5.74, 6) is 1.15. The van der Waals surface area contributed by atoms with E-state index in [1.54, 1.807) is 0 Å².